The maximum Gasteiger partial charge on any atom is 0.320 e. The number of ether oxygens (including phenoxy) is 1. The summed E-state index contributed by atoms with van der Waals surface area (Å²) in [6, 6.07) is 0. The van der Waals surface area contributed by atoms with Crippen molar-refractivity contribution >= 4 is 11.9 Å². The molecule has 1 saturated heterocycles. The Morgan fingerprint density at radius 2 is 1.72 bits per heavy atom. The van der Waals surface area contributed by atoms with Gasteiger partial charge in [-0.2, -0.15) is 0 Å². The number of carbonyl (C=O) groups is 2. The second-order valence-electron chi connectivity index (χ2n) is 7.73. The summed E-state index contributed by atoms with van der Waals surface area (Å²) >= 11 is 0. The monoisotopic (exact) mass is 350 g/mol. The number of piperazine rings is 1. The summed E-state index contributed by atoms with van der Waals surface area (Å²) in [5, 5.41) is 0. The van der Waals surface area contributed by atoms with Gasteiger partial charge in [-0.25, -0.2) is 0 Å². The molecule has 0 aromatic rings. The van der Waals surface area contributed by atoms with Crippen molar-refractivity contribution in [3.63, 3.8) is 0 Å². The molecule has 2 rings (SSSR count). The molecule has 1 aliphatic carbocycles. The molecule has 2 aliphatic rings. The summed E-state index contributed by atoms with van der Waals surface area (Å²) in [5.74, 6) is -0.551. The normalized spacial score (nSPS) is 20.4. The molecule has 1 aliphatic heterocycles. The average molecular weight is 350 g/mol. The van der Waals surface area contributed by atoms with Gasteiger partial charge < -0.3 is 16.2 Å². The Hall–Kier alpha value is -1.86. The lowest BCUT2D eigenvalue weighted by atomic mass is 9.94. The Kier molecular flexibility index (Phi) is 6.24. The highest BCUT2D eigenvalue weighted by molar-refractivity contribution is 5.93. The molecule has 0 unspecified atom stereocenters. The van der Waals surface area contributed by atoms with E-state index in [1.54, 1.807) is 0 Å². The van der Waals surface area contributed by atoms with Crippen LogP contribution in [-0.4, -0.2) is 66.5 Å². The third-order valence-electron chi connectivity index (χ3n) is 4.34. The number of primary amides is 1. The van der Waals surface area contributed by atoms with Crippen molar-refractivity contribution in [1.82, 2.24) is 9.80 Å². The molecular weight excluding hydrogens is 320 g/mol. The van der Waals surface area contributed by atoms with E-state index < -0.39 is 5.60 Å². The summed E-state index contributed by atoms with van der Waals surface area (Å²) in [4.78, 5) is 27.9. The summed E-state index contributed by atoms with van der Waals surface area (Å²) in [7, 11) is 0. The molecule has 1 amide bonds. The van der Waals surface area contributed by atoms with Crippen LogP contribution in [0.25, 0.3) is 0 Å². The average Bonchev–Trinajstić information content (AvgIpc) is 2.47. The molecule has 0 atom stereocenters. The molecule has 0 spiro atoms. The van der Waals surface area contributed by atoms with E-state index in [9.17, 15) is 9.59 Å². The van der Waals surface area contributed by atoms with E-state index >= 15 is 0 Å². The number of carbonyl (C=O) groups excluding carboxylic acids is 2. The molecule has 7 heteroatoms. The van der Waals surface area contributed by atoms with Crippen molar-refractivity contribution in [3.8, 4) is 0 Å². The largest absolute Gasteiger partial charge is 0.459 e. The van der Waals surface area contributed by atoms with Crippen molar-refractivity contribution in [1.29, 1.82) is 0 Å². The molecule has 7 nitrogen and oxygen atoms in total. The number of nitrogens with two attached hydrogens (primary N) is 2. The Labute approximate surface area is 149 Å². The van der Waals surface area contributed by atoms with Gasteiger partial charge in [-0.15, -0.1) is 0 Å². The van der Waals surface area contributed by atoms with Gasteiger partial charge in [-0.1, -0.05) is 0 Å². The lowest BCUT2D eigenvalue weighted by Gasteiger charge is -2.35. The molecule has 0 saturated carbocycles. The predicted molar refractivity (Wildman–Crippen MR) is 96.4 cm³/mol. The zero-order valence-corrected chi connectivity index (χ0v) is 15.5. The number of hydrogen-bond acceptors (Lipinski definition) is 6. The quantitative estimate of drug-likeness (QED) is 0.695. The van der Waals surface area contributed by atoms with Crippen LogP contribution in [0.15, 0.2) is 22.9 Å². The van der Waals surface area contributed by atoms with Crippen molar-refractivity contribution in [2.75, 3.05) is 39.3 Å². The zero-order chi connectivity index (χ0) is 18.6. The van der Waals surface area contributed by atoms with Crippen molar-refractivity contribution in [3.05, 3.63) is 22.9 Å². The lowest BCUT2D eigenvalue weighted by Crippen LogP contribution is -2.49. The van der Waals surface area contributed by atoms with Crippen LogP contribution in [0.3, 0.4) is 0 Å². The van der Waals surface area contributed by atoms with Crippen LogP contribution < -0.4 is 11.5 Å². The summed E-state index contributed by atoms with van der Waals surface area (Å²) in [5.41, 5.74) is 13.4. The smallest absolute Gasteiger partial charge is 0.320 e. The summed E-state index contributed by atoms with van der Waals surface area (Å²) < 4.78 is 5.37. The molecule has 0 bridgehead atoms. The third kappa shape index (κ3) is 6.17. The molecular formula is C18H30N4O3. The van der Waals surface area contributed by atoms with E-state index in [-0.39, 0.29) is 11.9 Å². The van der Waals surface area contributed by atoms with Crippen molar-refractivity contribution in [2.45, 2.75) is 39.2 Å². The van der Waals surface area contributed by atoms with Crippen LogP contribution in [-0.2, 0) is 14.3 Å². The fraction of sp³-hybridized carbons (Fsp3) is 0.667. The number of rotatable bonds is 5. The molecule has 1 fully saturated rings. The van der Waals surface area contributed by atoms with Gasteiger partial charge in [0.25, 0.3) is 0 Å². The fourth-order valence-corrected chi connectivity index (χ4v) is 3.14. The van der Waals surface area contributed by atoms with Crippen LogP contribution in [0.4, 0.5) is 0 Å². The highest BCUT2D eigenvalue weighted by atomic mass is 16.6. The third-order valence-corrected chi connectivity index (χ3v) is 4.34. The minimum atomic E-state index is -0.455. The first kappa shape index (κ1) is 19.5. The highest BCUT2D eigenvalue weighted by Gasteiger charge is 2.24. The minimum Gasteiger partial charge on any atom is -0.459 e. The highest BCUT2D eigenvalue weighted by Crippen LogP contribution is 2.22. The Balaban J connectivity index is 1.86. The minimum absolute atomic E-state index is 0.192. The van der Waals surface area contributed by atoms with Gasteiger partial charge in [0.2, 0.25) is 5.91 Å². The Morgan fingerprint density at radius 3 is 2.28 bits per heavy atom. The van der Waals surface area contributed by atoms with Crippen LogP contribution in [0.5, 0.6) is 0 Å². The summed E-state index contributed by atoms with van der Waals surface area (Å²) in [6.45, 7) is 9.82. The molecule has 0 radical (unpaired) electrons. The van der Waals surface area contributed by atoms with Crippen LogP contribution in [0, 0.1) is 0 Å². The van der Waals surface area contributed by atoms with Crippen LogP contribution >= 0.6 is 0 Å². The van der Waals surface area contributed by atoms with E-state index in [1.165, 1.54) is 0 Å². The second-order valence-corrected chi connectivity index (χ2v) is 7.73. The van der Waals surface area contributed by atoms with Gasteiger partial charge in [0.15, 0.2) is 0 Å². The zero-order valence-electron chi connectivity index (χ0n) is 15.5. The fourth-order valence-electron chi connectivity index (χ4n) is 3.14. The molecule has 0 aromatic carbocycles. The van der Waals surface area contributed by atoms with E-state index in [1.807, 2.05) is 26.8 Å². The second kappa shape index (κ2) is 8.01. The number of amides is 1. The molecule has 25 heavy (non-hydrogen) atoms. The first-order chi connectivity index (χ1) is 11.6. The number of allylic oxidation sites excluding steroid dienone is 1. The van der Waals surface area contributed by atoms with Crippen LogP contribution in [0.2, 0.25) is 0 Å². The van der Waals surface area contributed by atoms with Crippen molar-refractivity contribution < 1.29 is 14.3 Å². The van der Waals surface area contributed by atoms with Gasteiger partial charge in [-0.3, -0.25) is 19.4 Å². The predicted octanol–water partition coefficient (Wildman–Crippen LogP) is 0.364. The first-order valence-corrected chi connectivity index (χ1v) is 8.78. The molecule has 1 heterocycles. The summed E-state index contributed by atoms with van der Waals surface area (Å²) in [6.07, 6.45) is 3.19. The Bertz CT molecular complexity index is 582. The van der Waals surface area contributed by atoms with Crippen LogP contribution in [0.1, 0.15) is 33.6 Å². The molecule has 4 N–H and O–H groups in total. The number of nitrogens with zero attached hydrogens (tertiary/aromatic N) is 2. The van der Waals surface area contributed by atoms with Gasteiger partial charge in [0.1, 0.15) is 5.60 Å². The lowest BCUT2D eigenvalue weighted by molar-refractivity contribution is -0.156. The topological polar surface area (TPSA) is 102 Å². The maximum absolute atomic E-state index is 11.9. The standard InChI is InChI=1S/C18H30N4O3/c1-18(2,3)25-16(23)12-22-8-6-21(7-9-22)11-13-10-14(19)4-5-15(13)17(20)24/h10H,4-9,11-12,19H2,1-3H3,(H2,20,24). The molecule has 140 valence electrons. The van der Waals surface area contributed by atoms with Crippen molar-refractivity contribution in [2.24, 2.45) is 11.5 Å². The van der Waals surface area contributed by atoms with Gasteiger partial charge >= 0.3 is 5.97 Å². The van der Waals surface area contributed by atoms with E-state index in [4.69, 9.17) is 16.2 Å². The van der Waals surface area contributed by atoms with Gasteiger partial charge in [0, 0.05) is 44.0 Å². The maximum atomic E-state index is 11.9. The van der Waals surface area contributed by atoms with E-state index in [0.29, 0.717) is 31.5 Å². The number of esters is 1. The SMILES string of the molecule is CC(C)(C)OC(=O)CN1CCN(CC2=C(C(N)=O)CCC(N)=C2)CC1. The molecule has 0 aromatic heterocycles. The number of hydrogen-bond donors (Lipinski definition) is 2. The Morgan fingerprint density at radius 1 is 1.12 bits per heavy atom. The van der Waals surface area contributed by atoms with E-state index in [2.05, 4.69) is 9.80 Å². The van der Waals surface area contributed by atoms with E-state index in [0.717, 1.165) is 37.4 Å². The van der Waals surface area contributed by atoms with Gasteiger partial charge in [-0.05, 0) is 45.3 Å². The first-order valence-electron chi connectivity index (χ1n) is 8.78. The van der Waals surface area contributed by atoms with Gasteiger partial charge in [0.05, 0.1) is 6.54 Å².